The SMILES string of the molecule is CN=C1NC(NC(C)C)=NC(C)N1. The van der Waals surface area contributed by atoms with Crippen LogP contribution in [0.15, 0.2) is 9.98 Å². The Balaban J connectivity index is 2.63. The topological polar surface area (TPSA) is 60.8 Å². The van der Waals surface area contributed by atoms with E-state index in [9.17, 15) is 0 Å². The first-order valence-corrected chi connectivity index (χ1v) is 4.46. The summed E-state index contributed by atoms with van der Waals surface area (Å²) in [7, 11) is 1.74. The summed E-state index contributed by atoms with van der Waals surface area (Å²) in [4.78, 5) is 8.35. The average Bonchev–Trinajstić information content (AvgIpc) is 2.01. The highest BCUT2D eigenvalue weighted by molar-refractivity contribution is 6.00. The van der Waals surface area contributed by atoms with Gasteiger partial charge in [0.1, 0.15) is 6.17 Å². The molecule has 0 saturated carbocycles. The molecule has 0 bridgehead atoms. The molecule has 1 rings (SSSR count). The first-order valence-electron chi connectivity index (χ1n) is 4.46. The third kappa shape index (κ3) is 2.93. The Bertz CT molecular complexity index is 231. The van der Waals surface area contributed by atoms with E-state index >= 15 is 0 Å². The fraction of sp³-hybridized carbons (Fsp3) is 0.750. The molecule has 0 fully saturated rings. The van der Waals surface area contributed by atoms with Gasteiger partial charge in [0.2, 0.25) is 0 Å². The van der Waals surface area contributed by atoms with E-state index in [1.54, 1.807) is 7.05 Å². The van der Waals surface area contributed by atoms with Gasteiger partial charge in [0.05, 0.1) is 0 Å². The van der Waals surface area contributed by atoms with Crippen LogP contribution >= 0.6 is 0 Å². The Kier molecular flexibility index (Phi) is 3.11. The lowest BCUT2D eigenvalue weighted by molar-refractivity contribution is 0.635. The van der Waals surface area contributed by atoms with E-state index in [2.05, 4.69) is 39.8 Å². The maximum absolute atomic E-state index is 4.32. The average molecular weight is 183 g/mol. The fourth-order valence-corrected chi connectivity index (χ4v) is 1.07. The highest BCUT2D eigenvalue weighted by Crippen LogP contribution is 1.91. The molecule has 1 aliphatic heterocycles. The summed E-state index contributed by atoms with van der Waals surface area (Å²) in [5.74, 6) is 1.53. The van der Waals surface area contributed by atoms with Gasteiger partial charge in [0.25, 0.3) is 0 Å². The van der Waals surface area contributed by atoms with Crippen molar-refractivity contribution in [1.29, 1.82) is 0 Å². The van der Waals surface area contributed by atoms with Gasteiger partial charge >= 0.3 is 0 Å². The van der Waals surface area contributed by atoms with Crippen molar-refractivity contribution in [2.75, 3.05) is 7.05 Å². The van der Waals surface area contributed by atoms with E-state index in [1.165, 1.54) is 0 Å². The molecule has 0 aromatic heterocycles. The summed E-state index contributed by atoms with van der Waals surface area (Å²) >= 11 is 0. The summed E-state index contributed by atoms with van der Waals surface area (Å²) in [5, 5.41) is 9.32. The van der Waals surface area contributed by atoms with Gasteiger partial charge in [-0.15, -0.1) is 0 Å². The van der Waals surface area contributed by atoms with Crippen LogP contribution in [-0.4, -0.2) is 31.2 Å². The molecule has 1 heterocycles. The van der Waals surface area contributed by atoms with Gasteiger partial charge < -0.3 is 10.6 Å². The number of aliphatic imine (C=N–C) groups is 2. The zero-order valence-electron chi connectivity index (χ0n) is 8.55. The molecule has 1 unspecified atom stereocenters. The minimum Gasteiger partial charge on any atom is -0.354 e. The number of guanidine groups is 2. The van der Waals surface area contributed by atoms with Gasteiger partial charge in [-0.1, -0.05) is 0 Å². The van der Waals surface area contributed by atoms with E-state index < -0.39 is 0 Å². The summed E-state index contributed by atoms with van der Waals surface area (Å²) in [6.07, 6.45) is 0.0706. The number of rotatable bonds is 1. The largest absolute Gasteiger partial charge is 0.354 e. The summed E-state index contributed by atoms with van der Waals surface area (Å²) in [6.45, 7) is 6.12. The highest BCUT2D eigenvalue weighted by Gasteiger charge is 2.13. The van der Waals surface area contributed by atoms with Crippen LogP contribution < -0.4 is 16.0 Å². The van der Waals surface area contributed by atoms with Crippen molar-refractivity contribution in [3.05, 3.63) is 0 Å². The maximum atomic E-state index is 4.32. The molecule has 3 N–H and O–H groups in total. The number of nitrogens with one attached hydrogen (secondary N) is 3. The number of hydrogen-bond acceptors (Lipinski definition) is 3. The molecule has 13 heavy (non-hydrogen) atoms. The van der Waals surface area contributed by atoms with Crippen LogP contribution in [0.3, 0.4) is 0 Å². The maximum Gasteiger partial charge on any atom is 0.200 e. The minimum absolute atomic E-state index is 0.0706. The predicted molar refractivity (Wildman–Crippen MR) is 54.8 cm³/mol. The molecule has 0 aromatic rings. The molecule has 0 radical (unpaired) electrons. The standard InChI is InChI=1S/C8H17N5/c1-5(2)10-8-12-6(3)11-7(9-4)13-8/h5-6H,1-4H3,(H3,9,10,11,12,13). The van der Waals surface area contributed by atoms with E-state index in [0.29, 0.717) is 6.04 Å². The second-order valence-corrected chi connectivity index (χ2v) is 3.29. The van der Waals surface area contributed by atoms with Gasteiger partial charge in [-0.25, -0.2) is 4.99 Å². The molecule has 0 amide bonds. The van der Waals surface area contributed by atoms with Gasteiger partial charge in [-0.2, -0.15) is 0 Å². The Morgan fingerprint density at radius 2 is 2.23 bits per heavy atom. The summed E-state index contributed by atoms with van der Waals surface area (Å²) in [5.41, 5.74) is 0. The molecule has 0 aliphatic carbocycles. The molecule has 74 valence electrons. The predicted octanol–water partition coefficient (Wildman–Crippen LogP) is -0.135. The van der Waals surface area contributed by atoms with Crippen molar-refractivity contribution in [1.82, 2.24) is 16.0 Å². The molecule has 5 heteroatoms. The van der Waals surface area contributed by atoms with Crippen molar-refractivity contribution in [3.8, 4) is 0 Å². The zero-order valence-corrected chi connectivity index (χ0v) is 8.55. The lowest BCUT2D eigenvalue weighted by Gasteiger charge is -2.24. The van der Waals surface area contributed by atoms with Crippen LogP contribution in [0.4, 0.5) is 0 Å². The van der Waals surface area contributed by atoms with Crippen LogP contribution in [-0.2, 0) is 0 Å². The molecule has 1 aliphatic rings. The minimum atomic E-state index is 0.0706. The van der Waals surface area contributed by atoms with Crippen molar-refractivity contribution < 1.29 is 0 Å². The Morgan fingerprint density at radius 1 is 1.54 bits per heavy atom. The van der Waals surface area contributed by atoms with Crippen LogP contribution in [0.5, 0.6) is 0 Å². The first-order chi connectivity index (χ1) is 6.11. The summed E-state index contributed by atoms with van der Waals surface area (Å²) in [6, 6.07) is 0.370. The van der Waals surface area contributed by atoms with E-state index in [4.69, 9.17) is 0 Å². The van der Waals surface area contributed by atoms with Gasteiger partial charge in [-0.05, 0) is 20.8 Å². The molecular weight excluding hydrogens is 166 g/mol. The zero-order chi connectivity index (χ0) is 9.84. The second-order valence-electron chi connectivity index (χ2n) is 3.29. The monoisotopic (exact) mass is 183 g/mol. The van der Waals surface area contributed by atoms with Crippen LogP contribution in [0, 0.1) is 0 Å². The lowest BCUT2D eigenvalue weighted by Crippen LogP contribution is -2.55. The summed E-state index contributed by atoms with van der Waals surface area (Å²) < 4.78 is 0. The fourth-order valence-electron chi connectivity index (χ4n) is 1.07. The Morgan fingerprint density at radius 3 is 2.77 bits per heavy atom. The normalized spacial score (nSPS) is 25.2. The molecule has 5 nitrogen and oxygen atoms in total. The Labute approximate surface area is 78.7 Å². The van der Waals surface area contributed by atoms with E-state index in [-0.39, 0.29) is 6.17 Å². The van der Waals surface area contributed by atoms with E-state index in [0.717, 1.165) is 11.9 Å². The highest BCUT2D eigenvalue weighted by atomic mass is 15.4. The van der Waals surface area contributed by atoms with Crippen molar-refractivity contribution in [2.45, 2.75) is 33.0 Å². The van der Waals surface area contributed by atoms with Crippen molar-refractivity contribution >= 4 is 11.9 Å². The van der Waals surface area contributed by atoms with Crippen LogP contribution in [0.1, 0.15) is 20.8 Å². The smallest absolute Gasteiger partial charge is 0.200 e. The lowest BCUT2D eigenvalue weighted by atomic mass is 10.4. The van der Waals surface area contributed by atoms with E-state index in [1.807, 2.05) is 6.92 Å². The Hall–Kier alpha value is -1.26. The second kappa shape index (κ2) is 4.11. The van der Waals surface area contributed by atoms with Crippen molar-refractivity contribution in [2.24, 2.45) is 9.98 Å². The van der Waals surface area contributed by atoms with Gasteiger partial charge in [0, 0.05) is 13.1 Å². The molecule has 0 aromatic carbocycles. The third-order valence-electron chi connectivity index (χ3n) is 1.55. The quantitative estimate of drug-likeness (QED) is 0.530. The van der Waals surface area contributed by atoms with Crippen molar-refractivity contribution in [3.63, 3.8) is 0 Å². The van der Waals surface area contributed by atoms with Crippen LogP contribution in [0.25, 0.3) is 0 Å². The molecular formula is C8H17N5. The number of nitrogens with zero attached hydrogens (tertiary/aromatic N) is 2. The van der Waals surface area contributed by atoms with Gasteiger partial charge in [-0.3, -0.25) is 10.3 Å². The molecule has 0 saturated heterocycles. The van der Waals surface area contributed by atoms with Crippen LogP contribution in [0.2, 0.25) is 0 Å². The van der Waals surface area contributed by atoms with Gasteiger partial charge in [0.15, 0.2) is 11.9 Å². The first kappa shape index (κ1) is 9.83. The molecule has 0 spiro atoms. The third-order valence-corrected chi connectivity index (χ3v) is 1.55. The molecule has 1 atom stereocenters. The number of hydrogen-bond donors (Lipinski definition) is 3.